The van der Waals surface area contributed by atoms with E-state index in [0.29, 0.717) is 16.9 Å². The number of nitrogens with zero attached hydrogens (tertiary/aromatic N) is 4. The molecule has 4 aromatic rings. The third-order valence-electron chi connectivity index (χ3n) is 7.91. The summed E-state index contributed by atoms with van der Waals surface area (Å²) < 4.78 is 2.25. The molecule has 4 heterocycles. The van der Waals surface area contributed by atoms with E-state index in [1.165, 1.54) is 12.0 Å². The van der Waals surface area contributed by atoms with Gasteiger partial charge in [-0.15, -0.1) is 0 Å². The number of rotatable bonds is 5. The molecule has 0 unspecified atom stereocenters. The third kappa shape index (κ3) is 5.04. The highest BCUT2D eigenvalue weighted by atomic mass is 35.5. The Morgan fingerprint density at radius 3 is 2.36 bits per heavy atom. The lowest BCUT2D eigenvalue weighted by Gasteiger charge is -2.37. The zero-order chi connectivity index (χ0) is 27.1. The van der Waals surface area contributed by atoms with Gasteiger partial charge in [0.1, 0.15) is 6.04 Å². The largest absolute Gasteiger partial charge is 0.370 e. The molecule has 2 fully saturated rings. The van der Waals surface area contributed by atoms with E-state index in [1.807, 2.05) is 18.3 Å². The zero-order valence-corrected chi connectivity index (χ0v) is 24.2. The number of aryl methyl sites for hydroxylation is 1. The van der Waals surface area contributed by atoms with Crippen molar-refractivity contribution in [2.45, 2.75) is 39.3 Å². The molecular formula is C32H34ClN5S. The fourth-order valence-electron chi connectivity index (χ4n) is 6.27. The standard InChI is InChI=1S/C32H34ClN5S/c1-21-9-11-24(12-10-21)37-16-6-8-29(37)31-30(27-7-4-5-15-34-27)35-32(39)38(31)25-13-14-28(26(33)18-25)36-19-22(2)17-23(3)20-36/h4-16,18,22-23,30-31H,17,19-20H2,1-3H3,(H,35,39)/t22-,23+,30-,31+/m0/s1. The van der Waals surface area contributed by atoms with Crippen LogP contribution in [0, 0.1) is 18.8 Å². The van der Waals surface area contributed by atoms with E-state index in [4.69, 9.17) is 28.8 Å². The molecule has 0 saturated carbocycles. The second-order valence-electron chi connectivity index (χ2n) is 11.1. The number of anilines is 2. The third-order valence-corrected chi connectivity index (χ3v) is 8.53. The van der Waals surface area contributed by atoms with Crippen LogP contribution in [0.3, 0.4) is 0 Å². The second-order valence-corrected chi connectivity index (χ2v) is 11.9. The number of piperidine rings is 1. The van der Waals surface area contributed by atoms with Crippen molar-refractivity contribution in [2.75, 3.05) is 22.9 Å². The Morgan fingerprint density at radius 2 is 1.67 bits per heavy atom. The van der Waals surface area contributed by atoms with E-state index in [2.05, 4.69) is 107 Å². The zero-order valence-electron chi connectivity index (χ0n) is 22.6. The highest BCUT2D eigenvalue weighted by Crippen LogP contribution is 2.44. The molecular weight excluding hydrogens is 522 g/mol. The number of benzene rings is 2. The minimum atomic E-state index is -0.125. The van der Waals surface area contributed by atoms with Gasteiger partial charge in [-0.3, -0.25) is 4.98 Å². The first-order valence-corrected chi connectivity index (χ1v) is 14.5. The van der Waals surface area contributed by atoms with Crippen molar-refractivity contribution in [1.29, 1.82) is 0 Å². The molecule has 200 valence electrons. The smallest absolute Gasteiger partial charge is 0.174 e. The molecule has 2 saturated heterocycles. The summed E-state index contributed by atoms with van der Waals surface area (Å²) in [5.74, 6) is 1.30. The van der Waals surface area contributed by atoms with E-state index >= 15 is 0 Å². The topological polar surface area (TPSA) is 36.3 Å². The molecule has 0 aliphatic carbocycles. The van der Waals surface area contributed by atoms with Crippen molar-refractivity contribution < 1.29 is 0 Å². The Hall–Kier alpha value is -3.35. The van der Waals surface area contributed by atoms with Gasteiger partial charge < -0.3 is 19.7 Å². The molecule has 6 rings (SSSR count). The first kappa shape index (κ1) is 25.9. The quantitative estimate of drug-likeness (QED) is 0.258. The Morgan fingerprint density at radius 1 is 0.923 bits per heavy atom. The molecule has 0 bridgehead atoms. The second kappa shape index (κ2) is 10.7. The molecule has 1 N–H and O–H groups in total. The Bertz CT molecular complexity index is 1460. The summed E-state index contributed by atoms with van der Waals surface area (Å²) in [4.78, 5) is 9.35. The van der Waals surface area contributed by atoms with Crippen molar-refractivity contribution >= 4 is 40.3 Å². The van der Waals surface area contributed by atoms with E-state index < -0.39 is 0 Å². The monoisotopic (exact) mass is 555 g/mol. The summed E-state index contributed by atoms with van der Waals surface area (Å²) in [5, 5.41) is 5.00. The molecule has 39 heavy (non-hydrogen) atoms. The molecule has 2 aliphatic rings. The Balaban J connectivity index is 1.42. The predicted octanol–water partition coefficient (Wildman–Crippen LogP) is 7.49. The van der Waals surface area contributed by atoms with Gasteiger partial charge in [-0.2, -0.15) is 0 Å². The number of aromatic nitrogens is 2. The highest BCUT2D eigenvalue weighted by Gasteiger charge is 2.42. The summed E-state index contributed by atoms with van der Waals surface area (Å²) in [7, 11) is 0. The fourth-order valence-corrected chi connectivity index (χ4v) is 6.91. The number of hydrogen-bond donors (Lipinski definition) is 1. The molecule has 2 aromatic heterocycles. The maximum atomic E-state index is 7.00. The van der Waals surface area contributed by atoms with Crippen LogP contribution in [-0.2, 0) is 0 Å². The molecule has 2 aromatic carbocycles. The molecule has 0 spiro atoms. The first-order valence-electron chi connectivity index (χ1n) is 13.7. The van der Waals surface area contributed by atoms with Crippen LogP contribution in [0.2, 0.25) is 5.02 Å². The van der Waals surface area contributed by atoms with Gasteiger partial charge in [0.25, 0.3) is 0 Å². The predicted molar refractivity (Wildman–Crippen MR) is 165 cm³/mol. The van der Waals surface area contributed by atoms with Gasteiger partial charge in [-0.1, -0.05) is 49.2 Å². The maximum absolute atomic E-state index is 7.00. The van der Waals surface area contributed by atoms with E-state index in [-0.39, 0.29) is 12.1 Å². The lowest BCUT2D eigenvalue weighted by molar-refractivity contribution is 0.357. The molecule has 4 atom stereocenters. The van der Waals surface area contributed by atoms with E-state index in [0.717, 1.165) is 46.6 Å². The van der Waals surface area contributed by atoms with Crippen molar-refractivity contribution in [3.05, 3.63) is 107 Å². The van der Waals surface area contributed by atoms with Crippen molar-refractivity contribution in [2.24, 2.45) is 11.8 Å². The Labute approximate surface area is 241 Å². The number of halogens is 1. The first-order chi connectivity index (χ1) is 18.9. The molecule has 2 aliphatic heterocycles. The number of nitrogens with one attached hydrogen (secondary N) is 1. The summed E-state index contributed by atoms with van der Waals surface area (Å²) in [6.45, 7) is 8.82. The lowest BCUT2D eigenvalue weighted by atomic mass is 9.91. The van der Waals surface area contributed by atoms with Crippen molar-refractivity contribution in [1.82, 2.24) is 14.9 Å². The Kier molecular flexibility index (Phi) is 7.08. The molecule has 7 heteroatoms. The van der Waals surface area contributed by atoms with Crippen molar-refractivity contribution in [3.8, 4) is 5.69 Å². The summed E-state index contributed by atoms with van der Waals surface area (Å²) in [5.41, 5.74) is 6.48. The van der Waals surface area contributed by atoms with Gasteiger partial charge >= 0.3 is 0 Å². The van der Waals surface area contributed by atoms with Crippen LogP contribution in [0.5, 0.6) is 0 Å². The lowest BCUT2D eigenvalue weighted by Crippen LogP contribution is -2.38. The normalized spacial score (nSPS) is 23.2. The fraction of sp³-hybridized carbons (Fsp3) is 0.312. The summed E-state index contributed by atoms with van der Waals surface area (Å²) >= 11 is 13.0. The summed E-state index contributed by atoms with van der Waals surface area (Å²) in [6, 6.07) is 25.1. The van der Waals surface area contributed by atoms with E-state index in [1.54, 1.807) is 0 Å². The van der Waals surface area contributed by atoms with Gasteiger partial charge in [0.15, 0.2) is 5.11 Å². The van der Waals surface area contributed by atoms with Crippen LogP contribution in [0.15, 0.2) is 85.2 Å². The average molecular weight is 556 g/mol. The molecule has 0 amide bonds. The maximum Gasteiger partial charge on any atom is 0.174 e. The van der Waals surface area contributed by atoms with Crippen LogP contribution >= 0.6 is 23.8 Å². The van der Waals surface area contributed by atoms with Gasteiger partial charge in [-0.25, -0.2) is 0 Å². The SMILES string of the molecule is Cc1ccc(-n2cccc2[C@@H]2[C@H](c3ccccn3)NC(=S)N2c2ccc(N3C[C@H](C)C[C@H](C)C3)c(Cl)c2)cc1. The van der Waals surface area contributed by atoms with Crippen LogP contribution in [0.25, 0.3) is 5.69 Å². The van der Waals surface area contributed by atoms with Gasteiger partial charge in [-0.05, 0) is 92.0 Å². The van der Waals surface area contributed by atoms with Crippen molar-refractivity contribution in [3.63, 3.8) is 0 Å². The van der Waals surface area contributed by atoms with Crippen LogP contribution in [0.4, 0.5) is 11.4 Å². The molecule has 5 nitrogen and oxygen atoms in total. The van der Waals surface area contributed by atoms with Gasteiger partial charge in [0.2, 0.25) is 0 Å². The minimum absolute atomic E-state index is 0.124. The van der Waals surface area contributed by atoms with Crippen LogP contribution in [-0.4, -0.2) is 27.8 Å². The number of thiocarbonyl (C=S) groups is 1. The number of hydrogen-bond acceptors (Lipinski definition) is 3. The summed E-state index contributed by atoms with van der Waals surface area (Å²) in [6.07, 6.45) is 5.21. The molecule has 0 radical (unpaired) electrons. The van der Waals surface area contributed by atoms with Gasteiger partial charge in [0.05, 0.1) is 22.4 Å². The van der Waals surface area contributed by atoms with Gasteiger partial charge in [0, 0.05) is 42.6 Å². The van der Waals surface area contributed by atoms with Crippen LogP contribution < -0.4 is 15.1 Å². The minimum Gasteiger partial charge on any atom is -0.370 e. The highest BCUT2D eigenvalue weighted by molar-refractivity contribution is 7.80. The number of pyridine rings is 1. The van der Waals surface area contributed by atoms with E-state index in [9.17, 15) is 0 Å². The van der Waals surface area contributed by atoms with Crippen LogP contribution in [0.1, 0.15) is 49.3 Å². The average Bonchev–Trinajstić information content (AvgIpc) is 3.53.